The molecule has 0 aromatic heterocycles. The van der Waals surface area contributed by atoms with E-state index in [0.717, 1.165) is 30.3 Å². The minimum absolute atomic E-state index is 0. The fourth-order valence-electron chi connectivity index (χ4n) is 4.47. The molecule has 7 heteroatoms. The van der Waals surface area contributed by atoms with Crippen molar-refractivity contribution in [1.82, 2.24) is 4.90 Å². The van der Waals surface area contributed by atoms with Crippen LogP contribution in [0.5, 0.6) is 11.5 Å². The summed E-state index contributed by atoms with van der Waals surface area (Å²) in [6.07, 6.45) is 18.1. The molecule has 0 atom stereocenters. The maximum atomic E-state index is 12.4. The van der Waals surface area contributed by atoms with Crippen molar-refractivity contribution in [2.45, 2.75) is 90.5 Å². The van der Waals surface area contributed by atoms with Gasteiger partial charge in [-0.3, -0.25) is 4.79 Å². The van der Waals surface area contributed by atoms with Crippen LogP contribution in [0.3, 0.4) is 0 Å². The molecule has 1 amide bonds. The summed E-state index contributed by atoms with van der Waals surface area (Å²) in [5, 5.41) is 5.01. The lowest BCUT2D eigenvalue weighted by molar-refractivity contribution is -0.118. The monoisotopic (exact) mass is 618 g/mol. The molecule has 0 bridgehead atoms. The third-order valence-electron chi connectivity index (χ3n) is 6.67. The number of amides is 1. The second-order valence-electron chi connectivity index (χ2n) is 10.1. The third kappa shape index (κ3) is 14.7. The van der Waals surface area contributed by atoms with Crippen LogP contribution in [0.15, 0.2) is 60.1 Å². The highest BCUT2D eigenvalue weighted by molar-refractivity contribution is 8.93. The van der Waals surface area contributed by atoms with E-state index in [-0.39, 0.29) is 29.5 Å². The largest absolute Gasteiger partial charge is 0.493 e. The lowest BCUT2D eigenvalue weighted by atomic mass is 10.1. The summed E-state index contributed by atoms with van der Waals surface area (Å²) in [6, 6.07) is 15.5. The Balaban J connectivity index is 0.00000533. The molecule has 1 N–H and O–H groups in total. The van der Waals surface area contributed by atoms with E-state index in [2.05, 4.69) is 28.7 Å². The van der Waals surface area contributed by atoms with E-state index in [9.17, 15) is 4.79 Å². The van der Waals surface area contributed by atoms with Gasteiger partial charge < -0.3 is 19.7 Å². The fraction of sp³-hybridized carbons (Fsp3) is 0.531. The predicted octanol–water partition coefficient (Wildman–Crippen LogP) is 9.34. The Labute approximate surface area is 250 Å². The summed E-state index contributed by atoms with van der Waals surface area (Å²) in [7, 11) is 0. The number of halogens is 1. The molecule has 0 fully saturated rings. The lowest BCUT2D eigenvalue weighted by Gasteiger charge is -2.15. The number of thioether (sulfide) groups is 1. The van der Waals surface area contributed by atoms with Crippen molar-refractivity contribution in [2.24, 2.45) is 0 Å². The first-order valence-electron chi connectivity index (χ1n) is 14.5. The topological polar surface area (TPSA) is 50.8 Å². The molecular formula is C32H47BrN2O3S. The maximum Gasteiger partial charge on any atom is 0.262 e. The Morgan fingerprint density at radius 3 is 2.08 bits per heavy atom. The molecule has 1 aliphatic heterocycles. The van der Waals surface area contributed by atoms with Crippen LogP contribution in [0, 0.1) is 0 Å². The van der Waals surface area contributed by atoms with E-state index in [0.29, 0.717) is 12.4 Å². The normalized spacial score (nSPS) is 12.3. The van der Waals surface area contributed by atoms with Crippen LogP contribution in [0.1, 0.15) is 89.5 Å². The highest BCUT2D eigenvalue weighted by atomic mass is 79.9. The number of carbonyl (C=O) groups is 1. The number of carbonyl (C=O) groups excluding carboxylic acids is 1. The Morgan fingerprint density at radius 1 is 0.846 bits per heavy atom. The summed E-state index contributed by atoms with van der Waals surface area (Å²) in [4.78, 5) is 14.6. The Morgan fingerprint density at radius 2 is 1.46 bits per heavy atom. The summed E-state index contributed by atoms with van der Waals surface area (Å²) in [6.45, 7) is 3.82. The van der Waals surface area contributed by atoms with Gasteiger partial charge in [0.15, 0.2) is 6.61 Å². The zero-order chi connectivity index (χ0) is 26.7. The molecule has 5 nitrogen and oxygen atoms in total. The number of unbranched alkanes of at least 4 members (excludes halogenated alkanes) is 11. The van der Waals surface area contributed by atoms with Gasteiger partial charge in [-0.15, -0.1) is 28.7 Å². The van der Waals surface area contributed by atoms with Crippen LogP contribution in [-0.2, 0) is 11.3 Å². The zero-order valence-electron chi connectivity index (χ0n) is 23.6. The van der Waals surface area contributed by atoms with Gasteiger partial charge in [-0.2, -0.15) is 0 Å². The highest BCUT2D eigenvalue weighted by Crippen LogP contribution is 2.21. The molecule has 0 radical (unpaired) electrons. The number of benzene rings is 2. The van der Waals surface area contributed by atoms with Crippen LogP contribution in [0.2, 0.25) is 0 Å². The van der Waals surface area contributed by atoms with Crippen molar-refractivity contribution in [2.75, 3.05) is 24.4 Å². The van der Waals surface area contributed by atoms with Crippen LogP contribution < -0.4 is 14.8 Å². The predicted molar refractivity (Wildman–Crippen MR) is 171 cm³/mol. The first-order valence-corrected chi connectivity index (χ1v) is 15.5. The van der Waals surface area contributed by atoms with E-state index in [1.54, 1.807) is 11.8 Å². The van der Waals surface area contributed by atoms with E-state index in [1.165, 1.54) is 76.2 Å². The van der Waals surface area contributed by atoms with E-state index < -0.39 is 0 Å². The van der Waals surface area contributed by atoms with Gasteiger partial charge in [0.25, 0.3) is 5.91 Å². The Bertz CT molecular complexity index is 955. The second-order valence-corrected chi connectivity index (χ2v) is 10.9. The van der Waals surface area contributed by atoms with Gasteiger partial charge in [0, 0.05) is 24.5 Å². The van der Waals surface area contributed by atoms with Crippen molar-refractivity contribution >= 4 is 40.3 Å². The van der Waals surface area contributed by atoms with Gasteiger partial charge >= 0.3 is 0 Å². The Hall–Kier alpha value is -2.12. The molecule has 39 heavy (non-hydrogen) atoms. The molecule has 1 aliphatic rings. The van der Waals surface area contributed by atoms with Gasteiger partial charge in [-0.05, 0) is 41.7 Å². The molecule has 2 aromatic rings. The SMILES string of the molecule is Br.CCCCCCCCCCCCCCOc1cccc(OCC(=O)Nc2ccc(CN3C=CSC3)cc2)c1. The summed E-state index contributed by atoms with van der Waals surface area (Å²) < 4.78 is 11.6. The first kappa shape index (κ1) is 33.1. The van der Waals surface area contributed by atoms with Crippen molar-refractivity contribution in [3.63, 3.8) is 0 Å². The number of hydrogen-bond acceptors (Lipinski definition) is 5. The van der Waals surface area contributed by atoms with Gasteiger partial charge in [0.1, 0.15) is 11.5 Å². The average molecular weight is 620 g/mol. The van der Waals surface area contributed by atoms with Crippen LogP contribution >= 0.6 is 28.7 Å². The molecule has 216 valence electrons. The number of nitrogens with zero attached hydrogens (tertiary/aromatic N) is 1. The van der Waals surface area contributed by atoms with Gasteiger partial charge in [-0.1, -0.05) is 95.8 Å². The van der Waals surface area contributed by atoms with E-state index in [4.69, 9.17) is 9.47 Å². The molecule has 2 aromatic carbocycles. The maximum absolute atomic E-state index is 12.4. The van der Waals surface area contributed by atoms with Crippen LogP contribution in [0.4, 0.5) is 5.69 Å². The molecule has 0 saturated carbocycles. The summed E-state index contributed by atoms with van der Waals surface area (Å²) in [5.74, 6) is 2.23. The van der Waals surface area contributed by atoms with E-state index in [1.807, 2.05) is 48.5 Å². The number of ether oxygens (including phenoxy) is 2. The highest BCUT2D eigenvalue weighted by Gasteiger charge is 2.08. The van der Waals surface area contributed by atoms with Crippen molar-refractivity contribution in [3.8, 4) is 11.5 Å². The third-order valence-corrected chi connectivity index (χ3v) is 7.47. The smallest absolute Gasteiger partial charge is 0.262 e. The van der Waals surface area contributed by atoms with Crippen molar-refractivity contribution in [3.05, 3.63) is 65.7 Å². The molecule has 0 unspecified atom stereocenters. The summed E-state index contributed by atoms with van der Waals surface area (Å²) >= 11 is 1.79. The molecule has 0 saturated heterocycles. The molecule has 3 rings (SSSR count). The van der Waals surface area contributed by atoms with Gasteiger partial charge in [0.05, 0.1) is 12.5 Å². The van der Waals surface area contributed by atoms with Gasteiger partial charge in [0.2, 0.25) is 0 Å². The minimum Gasteiger partial charge on any atom is -0.493 e. The minimum atomic E-state index is -0.181. The quantitative estimate of drug-likeness (QED) is 0.150. The number of hydrogen-bond donors (Lipinski definition) is 1. The Kier molecular flexibility index (Phi) is 17.6. The standard InChI is InChI=1S/C32H46N2O3S.BrH/c1-2-3-4-5-6-7-8-9-10-11-12-13-22-36-30-15-14-16-31(24-30)37-26-32(35)33-29-19-17-28(18-20-29)25-34-21-23-38-27-34;/h14-21,23-24H,2-13,22,25-27H2,1H3,(H,33,35);1H. The molecule has 0 spiro atoms. The first-order chi connectivity index (χ1) is 18.7. The van der Waals surface area contributed by atoms with Crippen molar-refractivity contribution in [1.29, 1.82) is 0 Å². The number of nitrogens with one attached hydrogen (secondary N) is 1. The fourth-order valence-corrected chi connectivity index (χ4v) is 5.18. The molecule has 1 heterocycles. The molecule has 0 aliphatic carbocycles. The van der Waals surface area contributed by atoms with E-state index >= 15 is 0 Å². The van der Waals surface area contributed by atoms with Crippen molar-refractivity contribution < 1.29 is 14.3 Å². The second kappa shape index (κ2) is 20.7. The van der Waals surface area contributed by atoms with Crippen LogP contribution in [-0.4, -0.2) is 29.9 Å². The van der Waals surface area contributed by atoms with Gasteiger partial charge in [-0.25, -0.2) is 0 Å². The van der Waals surface area contributed by atoms with Crippen LogP contribution in [0.25, 0.3) is 0 Å². The zero-order valence-corrected chi connectivity index (χ0v) is 26.1. The number of anilines is 1. The lowest BCUT2D eigenvalue weighted by Crippen LogP contribution is -2.20. The summed E-state index contributed by atoms with van der Waals surface area (Å²) in [5.41, 5.74) is 1.99. The average Bonchev–Trinajstić information content (AvgIpc) is 3.45. The number of rotatable bonds is 20. The molecular weight excluding hydrogens is 572 g/mol.